The SMILES string of the molecule is Cc1nnc(SCc2ccc(-c3ccccc3C#N)cc2)n1-c1ccccc1. The van der Waals surface area contributed by atoms with E-state index in [0.717, 1.165) is 33.5 Å². The molecule has 0 aliphatic carbocycles. The number of rotatable bonds is 5. The maximum absolute atomic E-state index is 9.30. The lowest BCUT2D eigenvalue weighted by molar-refractivity contribution is 0.868. The average Bonchev–Trinajstić information content (AvgIpc) is 3.13. The van der Waals surface area contributed by atoms with Crippen LogP contribution in [0.1, 0.15) is 17.0 Å². The highest BCUT2D eigenvalue weighted by molar-refractivity contribution is 7.98. The van der Waals surface area contributed by atoms with Crippen molar-refractivity contribution in [3.8, 4) is 22.9 Å². The van der Waals surface area contributed by atoms with Crippen LogP contribution in [0, 0.1) is 18.3 Å². The third-order valence-corrected chi connectivity index (χ3v) is 5.49. The van der Waals surface area contributed by atoms with Crippen molar-refractivity contribution < 1.29 is 0 Å². The van der Waals surface area contributed by atoms with Gasteiger partial charge in [0.05, 0.1) is 11.6 Å². The second-order valence-electron chi connectivity index (χ2n) is 6.34. The molecule has 1 aromatic heterocycles. The minimum atomic E-state index is 0.691. The molecule has 0 atom stereocenters. The van der Waals surface area contributed by atoms with E-state index in [1.165, 1.54) is 5.56 Å². The van der Waals surface area contributed by atoms with Crippen LogP contribution in [-0.2, 0) is 5.75 Å². The Morgan fingerprint density at radius 3 is 2.36 bits per heavy atom. The lowest BCUT2D eigenvalue weighted by Crippen LogP contribution is -1.98. The maximum atomic E-state index is 9.30. The summed E-state index contributed by atoms with van der Waals surface area (Å²) >= 11 is 1.66. The minimum Gasteiger partial charge on any atom is -0.274 e. The number of benzene rings is 3. The molecule has 28 heavy (non-hydrogen) atoms. The first-order chi connectivity index (χ1) is 13.8. The Balaban J connectivity index is 1.52. The van der Waals surface area contributed by atoms with Crippen LogP contribution in [0.15, 0.2) is 84.0 Å². The second kappa shape index (κ2) is 8.12. The van der Waals surface area contributed by atoms with Gasteiger partial charge in [-0.1, -0.05) is 72.4 Å². The Hall–Kier alpha value is -3.36. The van der Waals surface area contributed by atoms with Gasteiger partial charge in [-0.15, -0.1) is 10.2 Å². The first kappa shape index (κ1) is 18.0. The summed E-state index contributed by atoms with van der Waals surface area (Å²) in [5, 5.41) is 18.7. The van der Waals surface area contributed by atoms with Crippen molar-refractivity contribution in [1.29, 1.82) is 5.26 Å². The Kier molecular flexibility index (Phi) is 5.22. The van der Waals surface area contributed by atoms with Crippen molar-refractivity contribution in [2.24, 2.45) is 0 Å². The molecule has 136 valence electrons. The highest BCUT2D eigenvalue weighted by Crippen LogP contribution is 2.27. The van der Waals surface area contributed by atoms with Crippen molar-refractivity contribution >= 4 is 11.8 Å². The van der Waals surface area contributed by atoms with E-state index in [-0.39, 0.29) is 0 Å². The Morgan fingerprint density at radius 1 is 0.893 bits per heavy atom. The fraction of sp³-hybridized carbons (Fsp3) is 0.0870. The van der Waals surface area contributed by atoms with Crippen LogP contribution in [-0.4, -0.2) is 14.8 Å². The molecule has 0 spiro atoms. The van der Waals surface area contributed by atoms with Crippen LogP contribution < -0.4 is 0 Å². The predicted molar refractivity (Wildman–Crippen MR) is 112 cm³/mol. The summed E-state index contributed by atoms with van der Waals surface area (Å²) in [5.41, 5.74) is 4.97. The standard InChI is InChI=1S/C23H18N4S/c1-17-25-26-23(27(17)21-8-3-2-4-9-21)28-16-18-11-13-19(14-12-18)22-10-6-5-7-20(22)15-24/h2-14H,16H2,1H3. The second-order valence-corrected chi connectivity index (χ2v) is 7.29. The minimum absolute atomic E-state index is 0.691. The fourth-order valence-corrected chi connectivity index (χ4v) is 4.02. The van der Waals surface area contributed by atoms with Gasteiger partial charge in [0.2, 0.25) is 0 Å². The molecule has 5 heteroatoms. The number of thioether (sulfide) groups is 1. The van der Waals surface area contributed by atoms with E-state index in [1.54, 1.807) is 11.8 Å². The molecule has 4 rings (SSSR count). The highest BCUT2D eigenvalue weighted by atomic mass is 32.2. The zero-order chi connectivity index (χ0) is 19.3. The molecule has 0 saturated carbocycles. The van der Waals surface area contributed by atoms with Gasteiger partial charge in [0.15, 0.2) is 5.16 Å². The van der Waals surface area contributed by atoms with Crippen LogP contribution in [0.4, 0.5) is 0 Å². The van der Waals surface area contributed by atoms with E-state index in [9.17, 15) is 5.26 Å². The summed E-state index contributed by atoms with van der Waals surface area (Å²) in [5.74, 6) is 1.67. The smallest absolute Gasteiger partial charge is 0.196 e. The number of hydrogen-bond acceptors (Lipinski definition) is 4. The quantitative estimate of drug-likeness (QED) is 0.433. The summed E-state index contributed by atoms with van der Waals surface area (Å²) in [6.45, 7) is 1.96. The topological polar surface area (TPSA) is 54.5 Å². The zero-order valence-corrected chi connectivity index (χ0v) is 16.2. The van der Waals surface area contributed by atoms with Gasteiger partial charge in [-0.05, 0) is 41.8 Å². The number of nitrogens with zero attached hydrogens (tertiary/aromatic N) is 4. The third-order valence-electron chi connectivity index (χ3n) is 4.49. The van der Waals surface area contributed by atoms with Crippen LogP contribution in [0.5, 0.6) is 0 Å². The number of aromatic nitrogens is 3. The van der Waals surface area contributed by atoms with Crippen molar-refractivity contribution in [2.45, 2.75) is 17.8 Å². The molecule has 0 unspecified atom stereocenters. The van der Waals surface area contributed by atoms with Gasteiger partial charge in [0.25, 0.3) is 0 Å². The summed E-state index contributed by atoms with van der Waals surface area (Å²) in [6.07, 6.45) is 0. The number of hydrogen-bond donors (Lipinski definition) is 0. The summed E-state index contributed by atoms with van der Waals surface area (Å²) < 4.78 is 2.07. The Morgan fingerprint density at radius 2 is 1.61 bits per heavy atom. The zero-order valence-electron chi connectivity index (χ0n) is 15.4. The van der Waals surface area contributed by atoms with Crippen LogP contribution in [0.25, 0.3) is 16.8 Å². The largest absolute Gasteiger partial charge is 0.274 e. The van der Waals surface area contributed by atoms with E-state index in [2.05, 4.69) is 57.2 Å². The van der Waals surface area contributed by atoms with Gasteiger partial charge >= 0.3 is 0 Å². The van der Waals surface area contributed by atoms with Crippen molar-refractivity contribution in [1.82, 2.24) is 14.8 Å². The van der Waals surface area contributed by atoms with E-state index in [0.29, 0.717) is 5.56 Å². The van der Waals surface area contributed by atoms with E-state index < -0.39 is 0 Å². The molecule has 0 saturated heterocycles. The molecule has 0 amide bonds. The number of nitriles is 1. The number of para-hydroxylation sites is 1. The van der Waals surface area contributed by atoms with Gasteiger partial charge in [-0.3, -0.25) is 4.57 Å². The molecule has 0 aliphatic rings. The van der Waals surface area contributed by atoms with Gasteiger partial charge in [0.1, 0.15) is 5.82 Å². The Labute approximate surface area is 168 Å². The molecule has 1 heterocycles. The van der Waals surface area contributed by atoms with Gasteiger partial charge < -0.3 is 0 Å². The summed E-state index contributed by atoms with van der Waals surface area (Å²) in [4.78, 5) is 0. The first-order valence-electron chi connectivity index (χ1n) is 8.95. The van der Waals surface area contributed by atoms with E-state index in [4.69, 9.17) is 0 Å². The van der Waals surface area contributed by atoms with Crippen LogP contribution >= 0.6 is 11.8 Å². The molecule has 3 aromatic carbocycles. The summed E-state index contributed by atoms with van der Waals surface area (Å²) in [7, 11) is 0. The van der Waals surface area contributed by atoms with Crippen molar-refractivity contribution in [3.63, 3.8) is 0 Å². The summed E-state index contributed by atoms with van der Waals surface area (Å²) in [6, 6.07) is 28.4. The molecular weight excluding hydrogens is 364 g/mol. The lowest BCUT2D eigenvalue weighted by atomic mass is 10.00. The molecule has 0 N–H and O–H groups in total. The Bertz CT molecular complexity index is 1130. The van der Waals surface area contributed by atoms with Gasteiger partial charge in [-0.2, -0.15) is 5.26 Å². The normalized spacial score (nSPS) is 10.6. The molecular formula is C23H18N4S. The van der Waals surface area contributed by atoms with E-state index >= 15 is 0 Å². The fourth-order valence-electron chi connectivity index (χ4n) is 3.07. The molecule has 4 aromatic rings. The van der Waals surface area contributed by atoms with Gasteiger partial charge in [0, 0.05) is 11.4 Å². The average molecular weight is 382 g/mol. The van der Waals surface area contributed by atoms with Crippen LogP contribution in [0.2, 0.25) is 0 Å². The molecule has 0 fully saturated rings. The van der Waals surface area contributed by atoms with Crippen molar-refractivity contribution in [3.05, 3.63) is 95.8 Å². The maximum Gasteiger partial charge on any atom is 0.196 e. The molecule has 0 radical (unpaired) electrons. The number of aryl methyl sites for hydroxylation is 1. The van der Waals surface area contributed by atoms with E-state index in [1.807, 2.05) is 49.4 Å². The molecule has 0 bridgehead atoms. The lowest BCUT2D eigenvalue weighted by Gasteiger charge is -2.09. The molecule has 0 aliphatic heterocycles. The van der Waals surface area contributed by atoms with Gasteiger partial charge in [-0.25, -0.2) is 0 Å². The first-order valence-corrected chi connectivity index (χ1v) is 9.93. The highest BCUT2D eigenvalue weighted by Gasteiger charge is 2.11. The van der Waals surface area contributed by atoms with Crippen molar-refractivity contribution in [2.75, 3.05) is 0 Å². The monoisotopic (exact) mass is 382 g/mol. The third kappa shape index (κ3) is 3.68. The predicted octanol–water partition coefficient (Wildman–Crippen LogP) is 5.41. The van der Waals surface area contributed by atoms with Crippen LogP contribution in [0.3, 0.4) is 0 Å². The molecule has 4 nitrogen and oxygen atoms in total.